The Kier molecular flexibility index (Phi) is 3.58. The summed E-state index contributed by atoms with van der Waals surface area (Å²) in [6, 6.07) is 0. The van der Waals surface area contributed by atoms with Gasteiger partial charge in [0.25, 0.3) is 0 Å². The molecule has 0 aromatic rings. The van der Waals surface area contributed by atoms with Crippen molar-refractivity contribution < 1.29 is 14.6 Å². The molecule has 0 bridgehead atoms. The van der Waals surface area contributed by atoms with Crippen LogP contribution in [0.4, 0.5) is 0 Å². The third-order valence-electron chi connectivity index (χ3n) is 9.44. The van der Waals surface area contributed by atoms with Gasteiger partial charge in [0.05, 0.1) is 25.1 Å². The molecule has 0 saturated heterocycles. The van der Waals surface area contributed by atoms with Crippen LogP contribution in [0.3, 0.4) is 0 Å². The van der Waals surface area contributed by atoms with Gasteiger partial charge in [-0.1, -0.05) is 25.0 Å². The Balaban J connectivity index is 1.52. The van der Waals surface area contributed by atoms with E-state index in [9.17, 15) is 5.11 Å². The van der Waals surface area contributed by atoms with Crippen molar-refractivity contribution in [3.05, 3.63) is 23.0 Å². The van der Waals surface area contributed by atoms with Crippen LogP contribution < -0.4 is 0 Å². The molecule has 1 spiro atoms. The van der Waals surface area contributed by atoms with Crippen LogP contribution >= 0.6 is 0 Å². The van der Waals surface area contributed by atoms with E-state index in [1.54, 1.807) is 25.4 Å². The first-order chi connectivity index (χ1) is 12.4. The SMILES string of the molecule is COC[C@]1(O)C[C@H]2C[C@]23[C@@H]2[C@H](C)CC4=C(CC=C(OC)C4)[C@H]2CC[C@]13C. The quantitative estimate of drug-likeness (QED) is 0.757. The first-order valence-corrected chi connectivity index (χ1v) is 10.6. The van der Waals surface area contributed by atoms with Crippen molar-refractivity contribution >= 4 is 0 Å². The van der Waals surface area contributed by atoms with Gasteiger partial charge >= 0.3 is 0 Å². The van der Waals surface area contributed by atoms with Crippen LogP contribution in [0.2, 0.25) is 0 Å². The summed E-state index contributed by atoms with van der Waals surface area (Å²) in [5.74, 6) is 4.05. The van der Waals surface area contributed by atoms with E-state index in [-0.39, 0.29) is 5.41 Å². The summed E-state index contributed by atoms with van der Waals surface area (Å²) >= 11 is 0. The predicted molar refractivity (Wildman–Crippen MR) is 101 cm³/mol. The number of fused-ring (bicyclic) bond motifs is 2. The average Bonchev–Trinajstić information content (AvgIpc) is 3.26. The number of ether oxygens (including phenoxy) is 2. The number of hydrogen-bond acceptors (Lipinski definition) is 3. The van der Waals surface area contributed by atoms with Gasteiger partial charge in [0.1, 0.15) is 0 Å². The van der Waals surface area contributed by atoms with Crippen LogP contribution in [-0.2, 0) is 9.47 Å². The highest BCUT2D eigenvalue weighted by Crippen LogP contribution is 2.84. The summed E-state index contributed by atoms with van der Waals surface area (Å²) in [5.41, 5.74) is 3.15. The maximum atomic E-state index is 11.6. The van der Waals surface area contributed by atoms with Gasteiger partial charge in [-0.15, -0.1) is 0 Å². The van der Waals surface area contributed by atoms with Crippen molar-refractivity contribution in [2.75, 3.05) is 20.8 Å². The maximum absolute atomic E-state index is 11.6. The molecule has 5 rings (SSSR count). The number of aliphatic hydroxyl groups is 1. The normalized spacial score (nSPS) is 51.8. The molecule has 3 fully saturated rings. The number of rotatable bonds is 3. The molecule has 0 aliphatic heterocycles. The summed E-state index contributed by atoms with van der Waals surface area (Å²) in [6.45, 7) is 5.38. The molecular weight excluding hydrogens is 324 g/mol. The highest BCUT2D eigenvalue weighted by molar-refractivity contribution is 5.38. The highest BCUT2D eigenvalue weighted by Gasteiger charge is 2.81. The molecule has 5 aliphatic rings. The number of allylic oxidation sites excluding steroid dienone is 3. The Hall–Kier alpha value is -0.800. The van der Waals surface area contributed by atoms with Crippen LogP contribution in [0.5, 0.6) is 0 Å². The number of hydrogen-bond donors (Lipinski definition) is 1. The molecule has 0 heterocycles. The van der Waals surface area contributed by atoms with Crippen molar-refractivity contribution in [3.8, 4) is 0 Å². The van der Waals surface area contributed by atoms with Crippen LogP contribution in [0.1, 0.15) is 58.8 Å². The first kappa shape index (κ1) is 17.3. The largest absolute Gasteiger partial charge is 0.501 e. The lowest BCUT2D eigenvalue weighted by atomic mass is 9.47. The molecule has 1 N–H and O–H groups in total. The minimum Gasteiger partial charge on any atom is -0.501 e. The minimum atomic E-state index is -0.625. The van der Waals surface area contributed by atoms with E-state index in [1.807, 2.05) is 0 Å². The standard InChI is InChI=1S/C23H34O3/c1-14-9-15-10-17(26-4)5-6-18(15)19-7-8-21(2)22(24,13-25-3)11-16-12-23(16,21)20(14)19/h5,14,16,19-20,24H,6-13H2,1-4H3/t14-,16+,19-,20-,21-,22-,23-/m1/s1. The smallest absolute Gasteiger partial charge is 0.0959 e. The minimum absolute atomic E-state index is 0.0242. The lowest BCUT2D eigenvalue weighted by molar-refractivity contribution is -0.164. The lowest BCUT2D eigenvalue weighted by Gasteiger charge is -2.58. The second-order valence-electron chi connectivity index (χ2n) is 10.2. The zero-order chi connectivity index (χ0) is 18.3. The summed E-state index contributed by atoms with van der Waals surface area (Å²) in [4.78, 5) is 0. The van der Waals surface area contributed by atoms with Gasteiger partial charge < -0.3 is 14.6 Å². The van der Waals surface area contributed by atoms with Gasteiger partial charge in [0, 0.05) is 18.9 Å². The third kappa shape index (κ3) is 1.87. The van der Waals surface area contributed by atoms with Gasteiger partial charge in [0.2, 0.25) is 0 Å². The molecule has 144 valence electrons. The molecule has 0 amide bonds. The molecule has 0 radical (unpaired) electrons. The van der Waals surface area contributed by atoms with Gasteiger partial charge in [-0.05, 0) is 73.7 Å². The van der Waals surface area contributed by atoms with Crippen LogP contribution in [0.25, 0.3) is 0 Å². The molecule has 0 unspecified atom stereocenters. The second kappa shape index (κ2) is 5.38. The van der Waals surface area contributed by atoms with E-state index in [0.29, 0.717) is 23.9 Å². The Morgan fingerprint density at radius 1 is 1.27 bits per heavy atom. The Morgan fingerprint density at radius 2 is 2.08 bits per heavy atom. The maximum Gasteiger partial charge on any atom is 0.0959 e. The van der Waals surface area contributed by atoms with Gasteiger partial charge in [0.15, 0.2) is 0 Å². The number of methoxy groups -OCH3 is 2. The van der Waals surface area contributed by atoms with Crippen molar-refractivity contribution in [2.24, 2.45) is 34.5 Å². The molecule has 7 atom stereocenters. The van der Waals surface area contributed by atoms with E-state index < -0.39 is 5.60 Å². The predicted octanol–water partition coefficient (Wildman–Crippen LogP) is 4.47. The lowest BCUT2D eigenvalue weighted by Crippen LogP contribution is -2.57. The fourth-order valence-electron chi connectivity index (χ4n) is 8.37. The average molecular weight is 359 g/mol. The Morgan fingerprint density at radius 3 is 2.81 bits per heavy atom. The van der Waals surface area contributed by atoms with E-state index in [2.05, 4.69) is 19.9 Å². The topological polar surface area (TPSA) is 38.7 Å². The van der Waals surface area contributed by atoms with E-state index in [1.165, 1.54) is 19.3 Å². The first-order valence-electron chi connectivity index (χ1n) is 10.6. The third-order valence-corrected chi connectivity index (χ3v) is 9.44. The van der Waals surface area contributed by atoms with E-state index in [0.717, 1.165) is 43.3 Å². The summed E-state index contributed by atoms with van der Waals surface area (Å²) in [7, 11) is 3.55. The fourth-order valence-corrected chi connectivity index (χ4v) is 8.37. The fraction of sp³-hybridized carbons (Fsp3) is 0.826. The zero-order valence-electron chi connectivity index (χ0n) is 16.8. The van der Waals surface area contributed by atoms with Gasteiger partial charge in [-0.25, -0.2) is 0 Å². The van der Waals surface area contributed by atoms with Crippen molar-refractivity contribution in [2.45, 2.75) is 64.4 Å². The van der Waals surface area contributed by atoms with Crippen molar-refractivity contribution in [3.63, 3.8) is 0 Å². The zero-order valence-corrected chi connectivity index (χ0v) is 16.8. The summed E-state index contributed by atoms with van der Waals surface area (Å²) in [5, 5.41) is 11.6. The molecule has 3 saturated carbocycles. The highest BCUT2D eigenvalue weighted by atomic mass is 16.5. The Labute approximate surface area is 157 Å². The van der Waals surface area contributed by atoms with E-state index in [4.69, 9.17) is 9.47 Å². The van der Waals surface area contributed by atoms with Crippen molar-refractivity contribution in [1.82, 2.24) is 0 Å². The van der Waals surface area contributed by atoms with Crippen LogP contribution in [-0.4, -0.2) is 31.5 Å². The summed E-state index contributed by atoms with van der Waals surface area (Å²) in [6.07, 6.45) is 10.3. The molecular formula is C23H34O3. The molecule has 3 nitrogen and oxygen atoms in total. The van der Waals surface area contributed by atoms with Crippen LogP contribution in [0, 0.1) is 34.5 Å². The Bertz CT molecular complexity index is 694. The van der Waals surface area contributed by atoms with Crippen molar-refractivity contribution in [1.29, 1.82) is 0 Å². The molecule has 5 aliphatic carbocycles. The monoisotopic (exact) mass is 358 g/mol. The van der Waals surface area contributed by atoms with Crippen LogP contribution in [0.15, 0.2) is 23.0 Å². The molecule has 3 heteroatoms. The molecule has 0 aromatic heterocycles. The van der Waals surface area contributed by atoms with E-state index >= 15 is 0 Å². The second-order valence-corrected chi connectivity index (χ2v) is 10.2. The summed E-state index contributed by atoms with van der Waals surface area (Å²) < 4.78 is 11.1. The van der Waals surface area contributed by atoms with Gasteiger partial charge in [-0.2, -0.15) is 0 Å². The molecule has 26 heavy (non-hydrogen) atoms. The molecule has 0 aromatic carbocycles. The van der Waals surface area contributed by atoms with Gasteiger partial charge in [-0.3, -0.25) is 0 Å².